The number of amides is 1. The molecule has 0 aromatic heterocycles. The third-order valence-corrected chi connectivity index (χ3v) is 4.41. The van der Waals surface area contributed by atoms with Crippen LogP contribution in [0.4, 0.5) is 0 Å². The molecule has 1 amide bonds. The molecule has 2 N–H and O–H groups in total. The van der Waals surface area contributed by atoms with Crippen LogP contribution >= 0.6 is 0 Å². The van der Waals surface area contributed by atoms with Crippen LogP contribution in [0.25, 0.3) is 0 Å². The molecule has 0 bridgehead atoms. The van der Waals surface area contributed by atoms with Crippen LogP contribution in [0.2, 0.25) is 0 Å². The van der Waals surface area contributed by atoms with E-state index < -0.39 is 0 Å². The number of carbonyl (C=O) groups excluding carboxylic acids is 1. The highest BCUT2D eigenvalue weighted by Gasteiger charge is 2.37. The van der Waals surface area contributed by atoms with Gasteiger partial charge in [0.15, 0.2) is 0 Å². The Bertz CT molecular complexity index is 271. The van der Waals surface area contributed by atoms with Crippen LogP contribution in [0.5, 0.6) is 0 Å². The van der Waals surface area contributed by atoms with Gasteiger partial charge >= 0.3 is 0 Å². The molecule has 1 saturated heterocycles. The number of nitrogens with one attached hydrogen (secondary N) is 2. The van der Waals surface area contributed by atoms with E-state index in [4.69, 9.17) is 4.74 Å². The van der Waals surface area contributed by atoms with E-state index in [1.807, 2.05) is 6.92 Å². The minimum absolute atomic E-state index is 0.0500. The van der Waals surface area contributed by atoms with Crippen molar-refractivity contribution in [1.82, 2.24) is 10.6 Å². The van der Waals surface area contributed by atoms with Crippen LogP contribution in [-0.4, -0.2) is 38.3 Å². The lowest BCUT2D eigenvalue weighted by atomic mass is 9.66. The van der Waals surface area contributed by atoms with Gasteiger partial charge in [0.05, 0.1) is 6.04 Å². The van der Waals surface area contributed by atoms with Crippen molar-refractivity contribution >= 4 is 5.91 Å². The van der Waals surface area contributed by atoms with Crippen molar-refractivity contribution < 1.29 is 9.53 Å². The highest BCUT2D eigenvalue weighted by Crippen LogP contribution is 2.43. The molecule has 4 nitrogen and oxygen atoms in total. The van der Waals surface area contributed by atoms with Crippen LogP contribution in [-0.2, 0) is 9.53 Å². The lowest BCUT2D eigenvalue weighted by molar-refractivity contribution is -0.123. The first kappa shape index (κ1) is 13.8. The Morgan fingerprint density at radius 1 is 1.44 bits per heavy atom. The van der Waals surface area contributed by atoms with Gasteiger partial charge in [-0.25, -0.2) is 0 Å². The van der Waals surface area contributed by atoms with Gasteiger partial charge in [0, 0.05) is 19.8 Å². The highest BCUT2D eigenvalue weighted by atomic mass is 16.5. The van der Waals surface area contributed by atoms with Crippen LogP contribution in [0.15, 0.2) is 0 Å². The van der Waals surface area contributed by atoms with Crippen LogP contribution in [0.3, 0.4) is 0 Å². The van der Waals surface area contributed by atoms with Crippen LogP contribution in [0, 0.1) is 5.41 Å². The van der Waals surface area contributed by atoms with Gasteiger partial charge in [0.25, 0.3) is 0 Å². The van der Waals surface area contributed by atoms with E-state index >= 15 is 0 Å². The summed E-state index contributed by atoms with van der Waals surface area (Å²) in [6, 6.07) is 0.0500. The SMILES string of the molecule is CCOCCC1(CNC(=O)C2CCCN2)CCC1. The smallest absolute Gasteiger partial charge is 0.237 e. The molecule has 18 heavy (non-hydrogen) atoms. The zero-order valence-electron chi connectivity index (χ0n) is 11.5. The topological polar surface area (TPSA) is 50.4 Å². The van der Waals surface area contributed by atoms with Gasteiger partial charge in [-0.05, 0) is 51.0 Å². The average molecular weight is 254 g/mol. The highest BCUT2D eigenvalue weighted by molar-refractivity contribution is 5.82. The molecule has 0 aromatic carbocycles. The van der Waals surface area contributed by atoms with Gasteiger partial charge in [-0.2, -0.15) is 0 Å². The first-order valence-corrected chi connectivity index (χ1v) is 7.35. The molecule has 1 aliphatic carbocycles. The molecule has 4 heteroatoms. The largest absolute Gasteiger partial charge is 0.382 e. The summed E-state index contributed by atoms with van der Waals surface area (Å²) in [6.07, 6.45) is 6.95. The molecule has 1 heterocycles. The summed E-state index contributed by atoms with van der Waals surface area (Å²) in [4.78, 5) is 12.0. The molecule has 2 fully saturated rings. The first-order chi connectivity index (χ1) is 8.76. The number of carbonyl (C=O) groups is 1. The molecule has 0 radical (unpaired) electrons. The second kappa shape index (κ2) is 6.53. The predicted octanol–water partition coefficient (Wildman–Crippen LogP) is 1.45. The van der Waals surface area contributed by atoms with Crippen molar-refractivity contribution in [2.45, 2.75) is 51.5 Å². The fourth-order valence-corrected chi connectivity index (χ4v) is 2.93. The zero-order chi connectivity index (χ0) is 12.8. The molecule has 2 aliphatic rings. The van der Waals surface area contributed by atoms with Gasteiger partial charge in [0.2, 0.25) is 5.91 Å². The molecular weight excluding hydrogens is 228 g/mol. The standard InChI is InChI=1S/C14H26N2O2/c1-2-18-10-8-14(6-4-7-14)11-16-13(17)12-5-3-9-15-12/h12,15H,2-11H2,1H3,(H,16,17). The molecule has 0 aromatic rings. The van der Waals surface area contributed by atoms with E-state index in [9.17, 15) is 4.79 Å². The van der Waals surface area contributed by atoms with Crippen LogP contribution < -0.4 is 10.6 Å². The Balaban J connectivity index is 1.70. The maximum Gasteiger partial charge on any atom is 0.237 e. The third-order valence-electron chi connectivity index (χ3n) is 4.41. The van der Waals surface area contributed by atoms with Crippen molar-refractivity contribution in [3.8, 4) is 0 Å². The number of rotatable bonds is 7. The monoisotopic (exact) mass is 254 g/mol. The molecule has 1 atom stereocenters. The fraction of sp³-hybridized carbons (Fsp3) is 0.929. The van der Waals surface area contributed by atoms with Crippen LogP contribution in [0.1, 0.15) is 45.4 Å². The van der Waals surface area contributed by atoms with Gasteiger partial charge in [-0.15, -0.1) is 0 Å². The normalized spacial score (nSPS) is 25.7. The summed E-state index contributed by atoms with van der Waals surface area (Å²) >= 11 is 0. The summed E-state index contributed by atoms with van der Waals surface area (Å²) < 4.78 is 5.45. The van der Waals surface area contributed by atoms with Gasteiger partial charge in [0.1, 0.15) is 0 Å². The Morgan fingerprint density at radius 2 is 2.28 bits per heavy atom. The van der Waals surface area contributed by atoms with E-state index in [-0.39, 0.29) is 11.9 Å². The second-order valence-corrected chi connectivity index (χ2v) is 5.67. The average Bonchev–Trinajstić information content (AvgIpc) is 2.85. The van der Waals surface area contributed by atoms with Gasteiger partial charge < -0.3 is 15.4 Å². The van der Waals surface area contributed by atoms with Crippen molar-refractivity contribution in [3.63, 3.8) is 0 Å². The predicted molar refractivity (Wildman–Crippen MR) is 71.4 cm³/mol. The Kier molecular flexibility index (Phi) is 5.01. The number of hydrogen-bond acceptors (Lipinski definition) is 3. The number of hydrogen-bond donors (Lipinski definition) is 2. The van der Waals surface area contributed by atoms with E-state index in [1.54, 1.807) is 0 Å². The molecule has 1 saturated carbocycles. The quantitative estimate of drug-likeness (QED) is 0.676. The lowest BCUT2D eigenvalue weighted by Crippen LogP contribution is -2.47. The molecule has 2 rings (SSSR count). The summed E-state index contributed by atoms with van der Waals surface area (Å²) in [5.74, 6) is 0.190. The van der Waals surface area contributed by atoms with E-state index in [0.717, 1.165) is 45.6 Å². The Morgan fingerprint density at radius 3 is 2.83 bits per heavy atom. The second-order valence-electron chi connectivity index (χ2n) is 5.67. The lowest BCUT2D eigenvalue weighted by Gasteiger charge is -2.42. The Hall–Kier alpha value is -0.610. The molecule has 104 valence electrons. The van der Waals surface area contributed by atoms with Crippen molar-refractivity contribution in [1.29, 1.82) is 0 Å². The van der Waals surface area contributed by atoms with E-state index in [0.29, 0.717) is 5.41 Å². The van der Waals surface area contributed by atoms with Crippen molar-refractivity contribution in [3.05, 3.63) is 0 Å². The fourth-order valence-electron chi connectivity index (χ4n) is 2.93. The maximum atomic E-state index is 12.0. The number of ether oxygens (including phenoxy) is 1. The zero-order valence-corrected chi connectivity index (χ0v) is 11.5. The Labute approximate surface area is 110 Å². The van der Waals surface area contributed by atoms with Gasteiger partial charge in [-0.1, -0.05) is 6.42 Å². The molecule has 1 aliphatic heterocycles. The third kappa shape index (κ3) is 3.45. The van der Waals surface area contributed by atoms with Gasteiger partial charge in [-0.3, -0.25) is 4.79 Å². The van der Waals surface area contributed by atoms with Crippen molar-refractivity contribution in [2.75, 3.05) is 26.3 Å². The molecular formula is C14H26N2O2. The van der Waals surface area contributed by atoms with Crippen molar-refractivity contribution in [2.24, 2.45) is 5.41 Å². The minimum Gasteiger partial charge on any atom is -0.382 e. The summed E-state index contributed by atoms with van der Waals surface area (Å²) in [5.41, 5.74) is 0.323. The summed E-state index contributed by atoms with van der Waals surface area (Å²) in [6.45, 7) is 5.45. The summed E-state index contributed by atoms with van der Waals surface area (Å²) in [7, 11) is 0. The van der Waals surface area contributed by atoms with E-state index in [1.165, 1.54) is 19.3 Å². The maximum absolute atomic E-state index is 12.0. The minimum atomic E-state index is 0.0500. The summed E-state index contributed by atoms with van der Waals surface area (Å²) in [5, 5.41) is 6.38. The molecule has 0 spiro atoms. The molecule has 1 unspecified atom stereocenters. The van der Waals surface area contributed by atoms with E-state index in [2.05, 4.69) is 10.6 Å². The first-order valence-electron chi connectivity index (χ1n) is 7.35.